The van der Waals surface area contributed by atoms with Gasteiger partial charge in [0.05, 0.1) is 10.0 Å². The van der Waals surface area contributed by atoms with Gasteiger partial charge in [-0.25, -0.2) is 23.3 Å². The van der Waals surface area contributed by atoms with Crippen molar-refractivity contribution in [3.63, 3.8) is 0 Å². The van der Waals surface area contributed by atoms with E-state index in [2.05, 4.69) is 29.0 Å². The van der Waals surface area contributed by atoms with Crippen LogP contribution in [0.3, 0.4) is 0 Å². The van der Waals surface area contributed by atoms with Crippen LogP contribution in [-0.2, 0) is 14.1 Å². The van der Waals surface area contributed by atoms with Gasteiger partial charge in [-0.1, -0.05) is 0 Å². The fourth-order valence-electron chi connectivity index (χ4n) is 2.59. The maximum absolute atomic E-state index is 11.3. The first kappa shape index (κ1) is 24.4. The molecule has 13 heteroatoms. The Kier molecular flexibility index (Phi) is 8.60. The van der Waals surface area contributed by atoms with Gasteiger partial charge < -0.3 is 4.90 Å². The summed E-state index contributed by atoms with van der Waals surface area (Å²) in [5, 5.41) is 19.5. The van der Waals surface area contributed by atoms with Crippen molar-refractivity contribution in [2.24, 2.45) is 24.3 Å². The summed E-state index contributed by atoms with van der Waals surface area (Å²) in [7, 11) is -1.47. The Hall–Kier alpha value is -2.64. The van der Waals surface area contributed by atoms with Crippen LogP contribution >= 0.6 is 0 Å². The van der Waals surface area contributed by atoms with Gasteiger partial charge in [0, 0.05) is 25.8 Å². The zero-order chi connectivity index (χ0) is 22.4. The van der Waals surface area contributed by atoms with E-state index in [0.29, 0.717) is 11.4 Å². The molecule has 0 spiro atoms. The molecule has 0 fully saturated rings. The van der Waals surface area contributed by atoms with E-state index in [4.69, 9.17) is 18.6 Å². The Morgan fingerprint density at radius 1 is 1.10 bits per heavy atom. The molecule has 2 rings (SSSR count). The number of aromatic nitrogens is 2. The minimum atomic E-state index is -4.94. The first-order valence-corrected chi connectivity index (χ1v) is 9.72. The number of hydrogen-bond donors (Lipinski definition) is 0. The molecule has 0 atom stereocenters. The zero-order valence-electron chi connectivity index (χ0n) is 16.7. The smallest absolute Gasteiger partial charge is 0.372 e. The quantitative estimate of drug-likeness (QED) is 0.234. The SMILES string of the molecule is CCN(CC)c1ccc(N=Nc2c([N+](=O)[O-])c(C)n(C)[n+]2C)cc1.[O-][Cl+3]([O-])([O-])[O-]. The van der Waals surface area contributed by atoms with Crippen LogP contribution in [0.15, 0.2) is 34.5 Å². The lowest BCUT2D eigenvalue weighted by atomic mass is 10.2. The van der Waals surface area contributed by atoms with E-state index in [1.807, 2.05) is 24.3 Å². The van der Waals surface area contributed by atoms with Crippen molar-refractivity contribution in [1.29, 1.82) is 0 Å². The van der Waals surface area contributed by atoms with E-state index in [9.17, 15) is 10.1 Å². The second kappa shape index (κ2) is 10.2. The largest absolute Gasteiger partial charge is 0.448 e. The van der Waals surface area contributed by atoms with E-state index in [-0.39, 0.29) is 11.5 Å². The van der Waals surface area contributed by atoms with Crippen LogP contribution < -0.4 is 28.2 Å². The third-order valence-corrected chi connectivity index (χ3v) is 4.22. The second-order valence-corrected chi connectivity index (χ2v) is 6.58. The average molecular weight is 431 g/mol. The molecule has 0 amide bonds. The molecule has 1 heterocycles. The van der Waals surface area contributed by atoms with Crippen LogP contribution in [0.4, 0.5) is 22.9 Å². The van der Waals surface area contributed by atoms with Gasteiger partial charge in [-0.15, -0.1) is 14.9 Å². The highest BCUT2D eigenvalue weighted by Gasteiger charge is 2.33. The Balaban J connectivity index is 0.000000749. The minimum absolute atomic E-state index is 0.0245. The molecule has 1 aromatic heterocycles. The molecule has 0 aliphatic rings. The van der Waals surface area contributed by atoms with Crippen molar-refractivity contribution in [1.82, 2.24) is 4.68 Å². The summed E-state index contributed by atoms with van der Waals surface area (Å²) in [5.41, 5.74) is 2.28. The van der Waals surface area contributed by atoms with Gasteiger partial charge >= 0.3 is 11.5 Å². The van der Waals surface area contributed by atoms with Gasteiger partial charge in [0.2, 0.25) is 0 Å². The monoisotopic (exact) mass is 430 g/mol. The van der Waals surface area contributed by atoms with E-state index < -0.39 is 15.2 Å². The van der Waals surface area contributed by atoms with Gasteiger partial charge in [-0.3, -0.25) is 10.1 Å². The lowest BCUT2D eigenvalue weighted by Crippen LogP contribution is -2.68. The minimum Gasteiger partial charge on any atom is -0.372 e. The molecule has 12 nitrogen and oxygen atoms in total. The molecule has 2 aromatic rings. The lowest BCUT2D eigenvalue weighted by molar-refractivity contribution is -2.00. The highest BCUT2D eigenvalue weighted by atomic mass is 35.7. The zero-order valence-corrected chi connectivity index (χ0v) is 17.5. The van der Waals surface area contributed by atoms with Crippen molar-refractivity contribution in [3.8, 4) is 0 Å². The first-order chi connectivity index (χ1) is 13.4. The highest BCUT2D eigenvalue weighted by molar-refractivity contribution is 5.54. The van der Waals surface area contributed by atoms with E-state index in [1.54, 1.807) is 30.4 Å². The van der Waals surface area contributed by atoms with Gasteiger partial charge in [-0.05, 0) is 50.2 Å². The second-order valence-electron chi connectivity index (χ2n) is 5.83. The molecule has 1 aromatic carbocycles. The molecule has 0 aliphatic heterocycles. The van der Waals surface area contributed by atoms with Gasteiger partial charge in [-0.2, -0.15) is 0 Å². The number of benzene rings is 1. The first-order valence-electron chi connectivity index (χ1n) is 8.49. The van der Waals surface area contributed by atoms with Crippen molar-refractivity contribution in [2.75, 3.05) is 18.0 Å². The normalized spacial score (nSPS) is 11.3. The highest BCUT2D eigenvalue weighted by Crippen LogP contribution is 2.29. The van der Waals surface area contributed by atoms with Crippen molar-refractivity contribution >= 4 is 22.9 Å². The molecule has 0 saturated heterocycles. The topological polar surface area (TPSA) is 172 Å². The molecule has 160 valence electrons. The van der Waals surface area contributed by atoms with Gasteiger partial charge in [0.25, 0.3) is 0 Å². The van der Waals surface area contributed by atoms with E-state index in [1.165, 1.54) is 0 Å². The number of nitrogens with zero attached hydrogens (tertiary/aromatic N) is 6. The molecule has 0 aliphatic carbocycles. The predicted octanol–water partition coefficient (Wildman–Crippen LogP) is -1.43. The number of hydrogen-bond acceptors (Lipinski definition) is 9. The number of azo groups is 1. The average Bonchev–Trinajstić information content (AvgIpc) is 2.84. The molecular weight excluding hydrogens is 408 g/mol. The van der Waals surface area contributed by atoms with E-state index in [0.717, 1.165) is 18.8 Å². The number of rotatable bonds is 6. The summed E-state index contributed by atoms with van der Waals surface area (Å²) in [5.74, 6) is 0.229. The lowest BCUT2D eigenvalue weighted by Gasteiger charge is -2.20. The molecule has 0 unspecified atom stereocenters. The fourth-order valence-corrected chi connectivity index (χ4v) is 2.59. The molecule has 0 N–H and O–H groups in total. The summed E-state index contributed by atoms with van der Waals surface area (Å²) < 4.78 is 37.3. The van der Waals surface area contributed by atoms with Crippen LogP contribution in [0.2, 0.25) is 0 Å². The maximum atomic E-state index is 11.3. The van der Waals surface area contributed by atoms with Crippen LogP contribution in [0.5, 0.6) is 0 Å². The maximum Gasteiger partial charge on any atom is 0.448 e. The number of anilines is 1. The number of halogens is 1. The molecule has 29 heavy (non-hydrogen) atoms. The summed E-state index contributed by atoms with van der Waals surface area (Å²) in [6.07, 6.45) is 0. The Morgan fingerprint density at radius 3 is 2.00 bits per heavy atom. The Morgan fingerprint density at radius 2 is 1.59 bits per heavy atom. The van der Waals surface area contributed by atoms with Crippen LogP contribution in [-0.4, -0.2) is 22.7 Å². The molecular formula is C16H23ClN6O6. The Bertz CT molecular complexity index is 852. The molecule has 0 saturated carbocycles. The van der Waals surface area contributed by atoms with Crippen molar-refractivity contribution < 1.29 is 38.5 Å². The standard InChI is InChI=1S/C16H23N6O2.ClHO4/c1-6-21(7-2)14-10-8-13(9-11-14)17-18-16-15(22(23)24)12(3)19(4)20(16)5;2-1(3,4)5/h8-11H,6-7H2,1-5H3;(H,2,3,4,5)/q+1;/p-1. The van der Waals surface area contributed by atoms with Crippen LogP contribution in [0.1, 0.15) is 19.5 Å². The van der Waals surface area contributed by atoms with Crippen LogP contribution in [0.25, 0.3) is 0 Å². The molecule has 0 bridgehead atoms. The van der Waals surface area contributed by atoms with Gasteiger partial charge in [0.15, 0.2) is 0 Å². The third-order valence-electron chi connectivity index (χ3n) is 4.22. The summed E-state index contributed by atoms with van der Waals surface area (Å²) in [4.78, 5) is 13.1. The van der Waals surface area contributed by atoms with Gasteiger partial charge in [0.1, 0.15) is 18.4 Å². The van der Waals surface area contributed by atoms with Crippen LogP contribution in [0, 0.1) is 27.3 Å². The summed E-state index contributed by atoms with van der Waals surface area (Å²) in [6, 6.07) is 7.68. The van der Waals surface area contributed by atoms with Crippen molar-refractivity contribution in [3.05, 3.63) is 40.1 Å². The Labute approximate surface area is 169 Å². The third kappa shape index (κ3) is 7.03. The van der Waals surface area contributed by atoms with E-state index >= 15 is 0 Å². The summed E-state index contributed by atoms with van der Waals surface area (Å²) in [6.45, 7) is 7.77. The van der Waals surface area contributed by atoms with Crippen molar-refractivity contribution in [2.45, 2.75) is 20.8 Å². The summed E-state index contributed by atoms with van der Waals surface area (Å²) >= 11 is 0. The molecule has 0 radical (unpaired) electrons. The number of nitro groups is 1. The fraction of sp³-hybridized carbons (Fsp3) is 0.438. The predicted molar refractivity (Wildman–Crippen MR) is 92.2 cm³/mol.